The molecule has 1 aromatic carbocycles. The molecule has 2 rings (SSSR count). The Morgan fingerprint density at radius 1 is 1.50 bits per heavy atom. The molecule has 1 heterocycles. The molecule has 0 saturated heterocycles. The first-order valence-corrected chi connectivity index (χ1v) is 5.22. The van der Waals surface area contributed by atoms with Crippen molar-refractivity contribution in [3.05, 3.63) is 29.8 Å². The van der Waals surface area contributed by atoms with Crippen LogP contribution in [0.25, 0.3) is 0 Å². The number of carboxylic acid groups (broad SMARTS) is 1. The van der Waals surface area contributed by atoms with Crippen LogP contribution in [0, 0.1) is 0 Å². The average Bonchev–Trinajstić information content (AvgIpc) is 2.29. The zero-order valence-corrected chi connectivity index (χ0v) is 8.78. The Kier molecular flexibility index (Phi) is 2.81. The van der Waals surface area contributed by atoms with Crippen LogP contribution in [0.15, 0.2) is 24.3 Å². The second kappa shape index (κ2) is 4.12. The number of alkyl halides is 1. The molecule has 0 saturated carbocycles. The quantitative estimate of drug-likeness (QED) is 0.855. The SMILES string of the molecule is O=C(O)C1(CCF)CCOc2ccccc21. The molecule has 16 heavy (non-hydrogen) atoms. The Morgan fingerprint density at radius 3 is 2.94 bits per heavy atom. The Bertz CT molecular complexity index is 405. The van der Waals surface area contributed by atoms with Crippen LogP contribution in [0.5, 0.6) is 5.75 Å². The maximum Gasteiger partial charge on any atom is 0.314 e. The predicted molar refractivity (Wildman–Crippen MR) is 56.5 cm³/mol. The number of aliphatic carboxylic acids is 1. The molecular weight excluding hydrogens is 211 g/mol. The molecule has 0 bridgehead atoms. The summed E-state index contributed by atoms with van der Waals surface area (Å²) < 4.78 is 18.0. The van der Waals surface area contributed by atoms with Gasteiger partial charge in [-0.1, -0.05) is 18.2 Å². The van der Waals surface area contributed by atoms with Crippen molar-refractivity contribution in [2.75, 3.05) is 13.3 Å². The fourth-order valence-electron chi connectivity index (χ4n) is 2.21. The van der Waals surface area contributed by atoms with E-state index in [0.29, 0.717) is 24.3 Å². The molecule has 0 radical (unpaired) electrons. The molecule has 1 unspecified atom stereocenters. The summed E-state index contributed by atoms with van der Waals surface area (Å²) in [6, 6.07) is 6.97. The summed E-state index contributed by atoms with van der Waals surface area (Å²) >= 11 is 0. The van der Waals surface area contributed by atoms with Gasteiger partial charge in [0, 0.05) is 12.0 Å². The molecular formula is C12H13FO3. The number of carboxylic acids is 1. The molecule has 0 amide bonds. The molecule has 1 N–H and O–H groups in total. The maximum atomic E-state index is 12.6. The third-order valence-electron chi connectivity index (χ3n) is 3.12. The number of hydrogen-bond acceptors (Lipinski definition) is 2. The summed E-state index contributed by atoms with van der Waals surface area (Å²) in [5, 5.41) is 9.34. The summed E-state index contributed by atoms with van der Waals surface area (Å²) in [5.74, 6) is -0.412. The lowest BCUT2D eigenvalue weighted by Gasteiger charge is -2.34. The van der Waals surface area contributed by atoms with Crippen LogP contribution in [-0.4, -0.2) is 24.4 Å². The highest BCUT2D eigenvalue weighted by molar-refractivity contribution is 5.83. The lowest BCUT2D eigenvalue weighted by Crippen LogP contribution is -2.41. The first-order chi connectivity index (χ1) is 7.70. The number of ether oxygens (including phenoxy) is 1. The minimum Gasteiger partial charge on any atom is -0.493 e. The fourth-order valence-corrected chi connectivity index (χ4v) is 2.21. The fraction of sp³-hybridized carbons (Fsp3) is 0.417. The van der Waals surface area contributed by atoms with E-state index in [0.717, 1.165) is 0 Å². The van der Waals surface area contributed by atoms with E-state index < -0.39 is 18.1 Å². The van der Waals surface area contributed by atoms with E-state index in [4.69, 9.17) is 4.74 Å². The van der Waals surface area contributed by atoms with Gasteiger partial charge in [-0.3, -0.25) is 9.18 Å². The molecule has 4 heteroatoms. The van der Waals surface area contributed by atoms with E-state index in [1.807, 2.05) is 0 Å². The summed E-state index contributed by atoms with van der Waals surface area (Å²) in [4.78, 5) is 11.4. The second-order valence-corrected chi connectivity index (χ2v) is 3.92. The minimum atomic E-state index is -1.12. The van der Waals surface area contributed by atoms with E-state index in [1.54, 1.807) is 24.3 Å². The topological polar surface area (TPSA) is 46.5 Å². The summed E-state index contributed by atoms with van der Waals surface area (Å²) in [5.41, 5.74) is -0.532. The van der Waals surface area contributed by atoms with Gasteiger partial charge in [-0.15, -0.1) is 0 Å². The van der Waals surface area contributed by atoms with E-state index in [1.165, 1.54) is 0 Å². The van der Waals surface area contributed by atoms with Crippen LogP contribution in [0.1, 0.15) is 18.4 Å². The third kappa shape index (κ3) is 1.54. The zero-order chi connectivity index (χ0) is 11.6. The highest BCUT2D eigenvalue weighted by atomic mass is 19.1. The van der Waals surface area contributed by atoms with Gasteiger partial charge >= 0.3 is 5.97 Å². The van der Waals surface area contributed by atoms with Gasteiger partial charge < -0.3 is 9.84 Å². The first kappa shape index (κ1) is 10.9. The van der Waals surface area contributed by atoms with Gasteiger partial charge in [0.15, 0.2) is 0 Å². The molecule has 0 aliphatic carbocycles. The van der Waals surface area contributed by atoms with Gasteiger partial charge in [0.25, 0.3) is 0 Å². The molecule has 1 atom stereocenters. The number of carbonyl (C=O) groups is 1. The Balaban J connectivity index is 2.52. The zero-order valence-electron chi connectivity index (χ0n) is 8.78. The molecule has 0 fully saturated rings. The number of para-hydroxylation sites is 1. The standard InChI is InChI=1S/C12H13FO3/c13-7-5-12(11(14)15)6-8-16-10-4-2-1-3-9(10)12/h1-4H,5-8H2,(H,14,15). The Labute approximate surface area is 92.9 Å². The molecule has 0 spiro atoms. The first-order valence-electron chi connectivity index (χ1n) is 5.22. The van der Waals surface area contributed by atoms with Crippen molar-refractivity contribution in [2.45, 2.75) is 18.3 Å². The van der Waals surface area contributed by atoms with Crippen molar-refractivity contribution < 1.29 is 19.0 Å². The number of halogens is 1. The van der Waals surface area contributed by atoms with Crippen LogP contribution in [0.3, 0.4) is 0 Å². The number of fused-ring (bicyclic) bond motifs is 1. The molecule has 3 nitrogen and oxygen atoms in total. The smallest absolute Gasteiger partial charge is 0.314 e. The third-order valence-corrected chi connectivity index (χ3v) is 3.12. The lowest BCUT2D eigenvalue weighted by atomic mass is 9.74. The van der Waals surface area contributed by atoms with Crippen molar-refractivity contribution in [1.29, 1.82) is 0 Å². The summed E-state index contributed by atoms with van der Waals surface area (Å²) in [6.45, 7) is -0.316. The van der Waals surface area contributed by atoms with Gasteiger partial charge in [-0.25, -0.2) is 0 Å². The maximum absolute atomic E-state index is 12.6. The number of benzene rings is 1. The van der Waals surface area contributed by atoms with Crippen molar-refractivity contribution in [2.24, 2.45) is 0 Å². The van der Waals surface area contributed by atoms with Crippen molar-refractivity contribution >= 4 is 5.97 Å². The van der Waals surface area contributed by atoms with E-state index in [9.17, 15) is 14.3 Å². The minimum absolute atomic E-state index is 0.00269. The normalized spacial score (nSPS) is 23.3. The summed E-state index contributed by atoms with van der Waals surface area (Å²) in [6.07, 6.45) is 0.325. The van der Waals surface area contributed by atoms with Crippen LogP contribution in [0.4, 0.5) is 4.39 Å². The van der Waals surface area contributed by atoms with Crippen LogP contribution < -0.4 is 4.74 Å². The molecule has 1 aromatic rings. The van der Waals surface area contributed by atoms with Crippen molar-refractivity contribution in [1.82, 2.24) is 0 Å². The molecule has 1 aliphatic rings. The monoisotopic (exact) mass is 224 g/mol. The largest absolute Gasteiger partial charge is 0.493 e. The van der Waals surface area contributed by atoms with E-state index in [-0.39, 0.29) is 6.42 Å². The molecule has 1 aliphatic heterocycles. The van der Waals surface area contributed by atoms with Crippen molar-refractivity contribution in [3.63, 3.8) is 0 Å². The van der Waals surface area contributed by atoms with Gasteiger partial charge in [-0.05, 0) is 12.5 Å². The number of hydrogen-bond donors (Lipinski definition) is 1. The van der Waals surface area contributed by atoms with Crippen LogP contribution in [0.2, 0.25) is 0 Å². The number of rotatable bonds is 3. The average molecular weight is 224 g/mol. The molecule has 0 aromatic heterocycles. The van der Waals surface area contributed by atoms with E-state index in [2.05, 4.69) is 0 Å². The molecule has 86 valence electrons. The predicted octanol–water partition coefficient (Wildman–Crippen LogP) is 2.15. The highest BCUT2D eigenvalue weighted by Gasteiger charge is 2.44. The van der Waals surface area contributed by atoms with Gasteiger partial charge in [0.2, 0.25) is 0 Å². The Hall–Kier alpha value is -1.58. The van der Waals surface area contributed by atoms with Gasteiger partial charge in [0.05, 0.1) is 13.3 Å². The summed E-state index contributed by atoms with van der Waals surface area (Å²) in [7, 11) is 0. The Morgan fingerprint density at radius 2 is 2.25 bits per heavy atom. The lowest BCUT2D eigenvalue weighted by molar-refractivity contribution is -0.145. The van der Waals surface area contributed by atoms with Gasteiger partial charge in [-0.2, -0.15) is 0 Å². The van der Waals surface area contributed by atoms with Crippen LogP contribution in [-0.2, 0) is 10.2 Å². The van der Waals surface area contributed by atoms with Crippen LogP contribution >= 0.6 is 0 Å². The highest BCUT2D eigenvalue weighted by Crippen LogP contribution is 2.41. The van der Waals surface area contributed by atoms with E-state index >= 15 is 0 Å². The second-order valence-electron chi connectivity index (χ2n) is 3.92. The van der Waals surface area contributed by atoms with Crippen molar-refractivity contribution in [3.8, 4) is 5.75 Å². The van der Waals surface area contributed by atoms with Gasteiger partial charge in [0.1, 0.15) is 11.2 Å².